The second-order valence-corrected chi connectivity index (χ2v) is 7.63. The molecule has 3 aromatic rings. The standard InChI is InChI=1S/C24H21N3O4/c1-24(2)23(30)26-19-9-5-6-10-20(19)27(24)21(28)15-31-22(29)14-13-17-12-11-16-7-3-4-8-18(16)25-17/h3-14H,15H2,1-2H3,(H,26,30). The van der Waals surface area contributed by atoms with Gasteiger partial charge >= 0.3 is 5.97 Å². The molecule has 7 heteroatoms. The van der Waals surface area contributed by atoms with Crippen LogP contribution in [-0.2, 0) is 19.1 Å². The first kappa shape index (κ1) is 20.3. The lowest BCUT2D eigenvalue weighted by Crippen LogP contribution is -2.59. The molecule has 1 N–H and O–H groups in total. The van der Waals surface area contributed by atoms with E-state index in [1.807, 2.05) is 30.3 Å². The lowest BCUT2D eigenvalue weighted by molar-refractivity contribution is -0.143. The first-order valence-electron chi connectivity index (χ1n) is 9.80. The molecule has 4 rings (SSSR count). The number of hydrogen-bond acceptors (Lipinski definition) is 5. The maximum absolute atomic E-state index is 12.9. The normalized spacial score (nSPS) is 14.9. The van der Waals surface area contributed by atoms with Crippen molar-refractivity contribution in [3.05, 3.63) is 72.4 Å². The van der Waals surface area contributed by atoms with E-state index in [9.17, 15) is 14.4 Å². The van der Waals surface area contributed by atoms with Crippen LogP contribution in [0.3, 0.4) is 0 Å². The fraction of sp³-hybridized carbons (Fsp3) is 0.167. The molecule has 156 valence electrons. The van der Waals surface area contributed by atoms with Crippen LogP contribution in [0.2, 0.25) is 0 Å². The lowest BCUT2D eigenvalue weighted by atomic mass is 9.96. The summed E-state index contributed by atoms with van der Waals surface area (Å²) in [5.41, 5.74) is 1.39. The number of fused-ring (bicyclic) bond motifs is 2. The number of carbonyl (C=O) groups is 3. The van der Waals surface area contributed by atoms with Crippen LogP contribution in [-0.4, -0.2) is 34.9 Å². The van der Waals surface area contributed by atoms with E-state index in [0.717, 1.165) is 10.9 Å². The van der Waals surface area contributed by atoms with E-state index in [0.29, 0.717) is 17.1 Å². The van der Waals surface area contributed by atoms with Gasteiger partial charge in [0.15, 0.2) is 6.61 Å². The molecule has 31 heavy (non-hydrogen) atoms. The highest BCUT2D eigenvalue weighted by Crippen LogP contribution is 2.36. The number of esters is 1. The zero-order valence-electron chi connectivity index (χ0n) is 17.2. The molecule has 0 atom stereocenters. The minimum atomic E-state index is -1.12. The summed E-state index contributed by atoms with van der Waals surface area (Å²) in [7, 11) is 0. The third-order valence-corrected chi connectivity index (χ3v) is 5.11. The van der Waals surface area contributed by atoms with Gasteiger partial charge in [0.1, 0.15) is 5.54 Å². The average Bonchev–Trinajstić information content (AvgIpc) is 2.76. The fourth-order valence-corrected chi connectivity index (χ4v) is 3.47. The summed E-state index contributed by atoms with van der Waals surface area (Å²) >= 11 is 0. The third kappa shape index (κ3) is 4.02. The zero-order chi connectivity index (χ0) is 22.0. The van der Waals surface area contributed by atoms with Gasteiger partial charge in [-0.3, -0.25) is 14.5 Å². The van der Waals surface area contributed by atoms with Crippen molar-refractivity contribution in [3.63, 3.8) is 0 Å². The Morgan fingerprint density at radius 1 is 1.06 bits per heavy atom. The summed E-state index contributed by atoms with van der Waals surface area (Å²) in [6.07, 6.45) is 2.76. The van der Waals surface area contributed by atoms with Gasteiger partial charge in [-0.15, -0.1) is 0 Å². The molecular weight excluding hydrogens is 394 g/mol. The van der Waals surface area contributed by atoms with Crippen molar-refractivity contribution in [2.75, 3.05) is 16.8 Å². The Bertz CT molecular complexity index is 1220. The summed E-state index contributed by atoms with van der Waals surface area (Å²) < 4.78 is 5.13. The third-order valence-electron chi connectivity index (χ3n) is 5.11. The van der Waals surface area contributed by atoms with Crippen molar-refractivity contribution in [2.45, 2.75) is 19.4 Å². The Morgan fingerprint density at radius 2 is 1.81 bits per heavy atom. The van der Waals surface area contributed by atoms with Gasteiger partial charge in [0.05, 0.1) is 22.6 Å². The van der Waals surface area contributed by atoms with Gasteiger partial charge in [-0.2, -0.15) is 0 Å². The van der Waals surface area contributed by atoms with Crippen LogP contribution in [0.1, 0.15) is 19.5 Å². The van der Waals surface area contributed by atoms with Crippen molar-refractivity contribution >= 4 is 46.1 Å². The summed E-state index contributed by atoms with van der Waals surface area (Å²) in [6, 6.07) is 18.4. The Morgan fingerprint density at radius 3 is 2.65 bits per heavy atom. The molecule has 2 amide bonds. The number of nitrogens with zero attached hydrogens (tertiary/aromatic N) is 2. The highest BCUT2D eigenvalue weighted by Gasteiger charge is 2.43. The molecule has 0 bridgehead atoms. The first-order chi connectivity index (χ1) is 14.9. The number of rotatable bonds is 4. The van der Waals surface area contributed by atoms with Gasteiger partial charge in [-0.1, -0.05) is 36.4 Å². The van der Waals surface area contributed by atoms with Gasteiger partial charge in [0.2, 0.25) is 5.91 Å². The second kappa shape index (κ2) is 8.02. The van der Waals surface area contributed by atoms with Gasteiger partial charge < -0.3 is 10.1 Å². The Kier molecular flexibility index (Phi) is 5.25. The van der Waals surface area contributed by atoms with Crippen molar-refractivity contribution in [2.24, 2.45) is 0 Å². The summed E-state index contributed by atoms with van der Waals surface area (Å²) in [4.78, 5) is 43.3. The van der Waals surface area contributed by atoms with Crippen LogP contribution in [0, 0.1) is 0 Å². The smallest absolute Gasteiger partial charge is 0.331 e. The molecular formula is C24H21N3O4. The minimum Gasteiger partial charge on any atom is -0.452 e. The highest BCUT2D eigenvalue weighted by atomic mass is 16.5. The average molecular weight is 415 g/mol. The number of aromatic nitrogens is 1. The fourth-order valence-electron chi connectivity index (χ4n) is 3.47. The number of para-hydroxylation sites is 3. The van der Waals surface area contributed by atoms with Gasteiger partial charge in [0.25, 0.3) is 5.91 Å². The van der Waals surface area contributed by atoms with Crippen LogP contribution >= 0.6 is 0 Å². The van der Waals surface area contributed by atoms with Crippen molar-refractivity contribution < 1.29 is 19.1 Å². The lowest BCUT2D eigenvalue weighted by Gasteiger charge is -2.41. The van der Waals surface area contributed by atoms with Crippen molar-refractivity contribution in [3.8, 4) is 0 Å². The maximum Gasteiger partial charge on any atom is 0.331 e. The van der Waals surface area contributed by atoms with E-state index in [-0.39, 0.29) is 5.91 Å². The number of amides is 2. The molecule has 1 aliphatic heterocycles. The zero-order valence-corrected chi connectivity index (χ0v) is 17.2. The monoisotopic (exact) mass is 415 g/mol. The molecule has 1 aliphatic rings. The van der Waals surface area contributed by atoms with Gasteiger partial charge in [-0.05, 0) is 44.2 Å². The molecule has 1 aromatic heterocycles. The van der Waals surface area contributed by atoms with Crippen LogP contribution in [0.25, 0.3) is 17.0 Å². The summed E-state index contributed by atoms with van der Waals surface area (Å²) in [6.45, 7) is 2.80. The molecule has 0 saturated heterocycles. The van der Waals surface area contributed by atoms with E-state index in [4.69, 9.17) is 4.74 Å². The van der Waals surface area contributed by atoms with E-state index >= 15 is 0 Å². The molecule has 7 nitrogen and oxygen atoms in total. The predicted molar refractivity (Wildman–Crippen MR) is 118 cm³/mol. The molecule has 0 unspecified atom stereocenters. The first-order valence-corrected chi connectivity index (χ1v) is 9.80. The molecule has 0 radical (unpaired) electrons. The van der Waals surface area contributed by atoms with E-state index < -0.39 is 24.0 Å². The van der Waals surface area contributed by atoms with Gasteiger partial charge in [-0.25, -0.2) is 9.78 Å². The van der Waals surface area contributed by atoms with E-state index in [1.54, 1.807) is 44.2 Å². The molecule has 0 spiro atoms. The van der Waals surface area contributed by atoms with Crippen LogP contribution in [0.15, 0.2) is 66.7 Å². The molecule has 2 heterocycles. The quantitative estimate of drug-likeness (QED) is 0.520. The van der Waals surface area contributed by atoms with Crippen molar-refractivity contribution in [1.29, 1.82) is 0 Å². The largest absolute Gasteiger partial charge is 0.452 e. The molecule has 0 saturated carbocycles. The Balaban J connectivity index is 1.44. The summed E-state index contributed by atoms with van der Waals surface area (Å²) in [5.74, 6) is -1.47. The minimum absolute atomic E-state index is 0.312. The predicted octanol–water partition coefficient (Wildman–Crippen LogP) is 3.56. The van der Waals surface area contributed by atoms with Crippen LogP contribution in [0.5, 0.6) is 0 Å². The number of ether oxygens (including phenoxy) is 1. The number of pyridine rings is 1. The Hall–Kier alpha value is -4.00. The Labute approximate surface area is 179 Å². The molecule has 0 fully saturated rings. The molecule has 2 aromatic carbocycles. The number of carbonyl (C=O) groups excluding carboxylic acids is 3. The molecule has 0 aliphatic carbocycles. The van der Waals surface area contributed by atoms with Crippen LogP contribution in [0.4, 0.5) is 11.4 Å². The topological polar surface area (TPSA) is 88.6 Å². The van der Waals surface area contributed by atoms with Crippen molar-refractivity contribution in [1.82, 2.24) is 4.98 Å². The SMILES string of the molecule is CC1(C)C(=O)Nc2ccccc2N1C(=O)COC(=O)C=Cc1ccc2ccccc2n1. The van der Waals surface area contributed by atoms with E-state index in [1.165, 1.54) is 17.1 Å². The second-order valence-electron chi connectivity index (χ2n) is 7.63. The maximum atomic E-state index is 12.9. The summed E-state index contributed by atoms with van der Waals surface area (Å²) in [5, 5.41) is 3.79. The van der Waals surface area contributed by atoms with Gasteiger partial charge in [0, 0.05) is 11.5 Å². The van der Waals surface area contributed by atoms with E-state index in [2.05, 4.69) is 10.3 Å². The highest BCUT2D eigenvalue weighted by molar-refractivity contribution is 6.14. The number of anilines is 2. The van der Waals surface area contributed by atoms with Crippen LogP contribution < -0.4 is 10.2 Å². The number of hydrogen-bond donors (Lipinski definition) is 1. The number of nitrogens with one attached hydrogen (secondary N) is 1. The number of benzene rings is 2.